The van der Waals surface area contributed by atoms with Crippen LogP contribution in [0.2, 0.25) is 0 Å². The first-order valence-electron chi connectivity index (χ1n) is 9.20. The Balaban J connectivity index is 2.21. The van der Waals surface area contributed by atoms with Crippen LogP contribution in [0.5, 0.6) is 0 Å². The third-order valence-electron chi connectivity index (χ3n) is 4.38. The number of halogens is 10. The number of aryl methyl sites for hydroxylation is 1. The van der Waals surface area contributed by atoms with Crippen molar-refractivity contribution in [2.75, 3.05) is 17.2 Å². The Kier molecular flexibility index (Phi) is 8.45. The second kappa shape index (κ2) is 10.3. The average Bonchev–Trinajstić information content (AvgIpc) is 2.69. The monoisotopic (exact) mass is 568 g/mol. The molecule has 192 valence electrons. The highest BCUT2D eigenvalue weighted by molar-refractivity contribution is 6.67. The van der Waals surface area contributed by atoms with E-state index in [0.717, 1.165) is 6.92 Å². The van der Waals surface area contributed by atoms with Gasteiger partial charge in [0.1, 0.15) is 6.61 Å². The van der Waals surface area contributed by atoms with Gasteiger partial charge in [-0.3, -0.25) is 10.1 Å². The minimum atomic E-state index is -6.28. The largest absolute Gasteiger partial charge is 0.445 e. The molecule has 0 atom stereocenters. The van der Waals surface area contributed by atoms with E-state index in [2.05, 4.69) is 15.4 Å². The maximum absolute atomic E-state index is 14.2. The zero-order valence-electron chi connectivity index (χ0n) is 17.3. The summed E-state index contributed by atoms with van der Waals surface area (Å²) in [7, 11) is 0. The van der Waals surface area contributed by atoms with Crippen LogP contribution in [0.1, 0.15) is 21.5 Å². The Hall–Kier alpha value is -2.44. The third kappa shape index (κ3) is 7.05. The molecule has 0 aliphatic rings. The molecular formula is C20H14Cl3F7N2O3. The summed E-state index contributed by atoms with van der Waals surface area (Å²) in [5.74, 6) is -0.923. The number of alkyl halides is 10. The molecule has 2 aromatic carbocycles. The number of hydrogen-bond donors (Lipinski definition) is 2. The molecule has 15 heteroatoms. The lowest BCUT2D eigenvalue weighted by Gasteiger charge is -2.30. The highest BCUT2D eigenvalue weighted by Crippen LogP contribution is 2.53. The Morgan fingerprint density at radius 3 is 1.89 bits per heavy atom. The second-order valence-corrected chi connectivity index (χ2v) is 9.55. The SMILES string of the molecule is Cc1cc(C(F)(C(F)(F)F)C(F)(F)F)ccc1C(=O)Nc1cccc(NC(=O)OCC(Cl)(Cl)Cl)c1. The number of ether oxygens (including phenoxy) is 1. The zero-order valence-corrected chi connectivity index (χ0v) is 19.5. The van der Waals surface area contributed by atoms with Gasteiger partial charge in [0.15, 0.2) is 0 Å². The zero-order chi connectivity index (χ0) is 26.8. The Morgan fingerprint density at radius 1 is 0.857 bits per heavy atom. The number of amides is 2. The molecule has 0 fully saturated rings. The van der Waals surface area contributed by atoms with E-state index in [1.54, 1.807) is 0 Å². The van der Waals surface area contributed by atoms with Gasteiger partial charge in [-0.15, -0.1) is 0 Å². The van der Waals surface area contributed by atoms with Gasteiger partial charge in [-0.05, 0) is 36.8 Å². The van der Waals surface area contributed by atoms with Gasteiger partial charge in [-0.2, -0.15) is 26.3 Å². The Bertz CT molecular complexity index is 1090. The summed E-state index contributed by atoms with van der Waals surface area (Å²) in [5.41, 5.74) is -7.79. The van der Waals surface area contributed by atoms with Crippen molar-refractivity contribution in [1.29, 1.82) is 0 Å². The van der Waals surface area contributed by atoms with E-state index >= 15 is 0 Å². The molecule has 0 saturated heterocycles. The van der Waals surface area contributed by atoms with Crippen LogP contribution < -0.4 is 10.6 Å². The molecule has 2 rings (SSSR count). The first-order chi connectivity index (χ1) is 15.8. The highest BCUT2D eigenvalue weighted by Gasteiger charge is 2.73. The van der Waals surface area contributed by atoms with Crippen LogP contribution in [0.15, 0.2) is 42.5 Å². The summed E-state index contributed by atoms with van der Waals surface area (Å²) in [6, 6.07) is 6.62. The van der Waals surface area contributed by atoms with Crippen LogP contribution in [0.4, 0.5) is 46.9 Å². The molecule has 5 nitrogen and oxygen atoms in total. The third-order valence-corrected chi connectivity index (χ3v) is 4.71. The van der Waals surface area contributed by atoms with Crippen molar-refractivity contribution in [3.63, 3.8) is 0 Å². The first kappa shape index (κ1) is 28.8. The minimum Gasteiger partial charge on any atom is -0.445 e. The van der Waals surface area contributed by atoms with E-state index in [1.807, 2.05) is 0 Å². The maximum Gasteiger partial charge on any atom is 0.435 e. The molecule has 0 bridgehead atoms. The first-order valence-corrected chi connectivity index (χ1v) is 10.3. The average molecular weight is 570 g/mol. The molecule has 0 unspecified atom stereocenters. The molecule has 0 aliphatic heterocycles. The molecule has 0 heterocycles. The quantitative estimate of drug-likeness (QED) is 0.290. The van der Waals surface area contributed by atoms with E-state index in [0.29, 0.717) is 12.1 Å². The van der Waals surface area contributed by atoms with Crippen LogP contribution in [0.25, 0.3) is 0 Å². The molecule has 2 amide bonds. The summed E-state index contributed by atoms with van der Waals surface area (Å²) < 4.78 is 94.9. The number of carbonyl (C=O) groups is 2. The van der Waals surface area contributed by atoms with Gasteiger partial charge in [0.05, 0.1) is 0 Å². The fourth-order valence-corrected chi connectivity index (χ4v) is 2.96. The molecule has 2 aromatic rings. The lowest BCUT2D eigenvalue weighted by Crippen LogP contribution is -2.50. The second-order valence-electron chi connectivity index (χ2n) is 7.03. The van der Waals surface area contributed by atoms with Gasteiger partial charge in [0.2, 0.25) is 3.79 Å². The van der Waals surface area contributed by atoms with Gasteiger partial charge in [-0.1, -0.05) is 53.0 Å². The number of rotatable bonds is 5. The van der Waals surface area contributed by atoms with Gasteiger partial charge >= 0.3 is 24.1 Å². The fourth-order valence-electron chi connectivity index (χ4n) is 2.80. The fraction of sp³-hybridized carbons (Fsp3) is 0.300. The number of benzene rings is 2. The standard InChI is InChI=1S/C20H14Cl3F7N2O3/c1-10-7-11(18(24,19(25,26)27)20(28,29)30)5-6-14(10)15(33)31-12-3-2-4-13(8-12)32-16(34)35-9-17(21,22)23/h2-8H,9H2,1H3,(H,31,33)(H,32,34). The summed E-state index contributed by atoms with van der Waals surface area (Å²) in [5, 5.41) is 4.64. The van der Waals surface area contributed by atoms with Crippen molar-refractivity contribution in [3.8, 4) is 0 Å². The summed E-state index contributed by atoms with van der Waals surface area (Å²) >= 11 is 16.4. The molecule has 0 radical (unpaired) electrons. The predicted octanol–water partition coefficient (Wildman–Crippen LogP) is 7.46. The topological polar surface area (TPSA) is 67.4 Å². The molecule has 0 aromatic heterocycles. The van der Waals surface area contributed by atoms with Crippen molar-refractivity contribution in [2.24, 2.45) is 0 Å². The van der Waals surface area contributed by atoms with Crippen molar-refractivity contribution in [3.05, 3.63) is 59.2 Å². The predicted molar refractivity (Wildman–Crippen MR) is 116 cm³/mol. The Morgan fingerprint density at radius 2 is 1.40 bits per heavy atom. The van der Waals surface area contributed by atoms with E-state index in [1.165, 1.54) is 24.3 Å². The van der Waals surface area contributed by atoms with Crippen LogP contribution in [0.3, 0.4) is 0 Å². The molecule has 0 saturated carbocycles. The maximum atomic E-state index is 14.2. The lowest BCUT2D eigenvalue weighted by molar-refractivity contribution is -0.348. The van der Waals surface area contributed by atoms with Crippen LogP contribution in [-0.2, 0) is 10.4 Å². The number of hydrogen-bond acceptors (Lipinski definition) is 3. The Labute approximate surface area is 208 Å². The van der Waals surface area contributed by atoms with Crippen LogP contribution >= 0.6 is 34.8 Å². The number of carbonyl (C=O) groups excluding carboxylic acids is 2. The smallest absolute Gasteiger partial charge is 0.435 e. The molecule has 35 heavy (non-hydrogen) atoms. The van der Waals surface area contributed by atoms with Gasteiger partial charge in [0, 0.05) is 22.5 Å². The number of nitrogens with one attached hydrogen (secondary N) is 2. The van der Waals surface area contributed by atoms with Crippen LogP contribution in [-0.4, -0.2) is 34.8 Å². The van der Waals surface area contributed by atoms with E-state index in [9.17, 15) is 40.3 Å². The number of anilines is 2. The highest BCUT2D eigenvalue weighted by atomic mass is 35.6. The molecule has 0 spiro atoms. The van der Waals surface area contributed by atoms with Crippen molar-refractivity contribution in [1.82, 2.24) is 0 Å². The van der Waals surface area contributed by atoms with E-state index in [-0.39, 0.29) is 28.6 Å². The molecule has 2 N–H and O–H groups in total. The minimum absolute atomic E-state index is 0.0862. The summed E-state index contributed by atoms with van der Waals surface area (Å²) in [4.78, 5) is 24.3. The van der Waals surface area contributed by atoms with E-state index < -0.39 is 46.0 Å². The van der Waals surface area contributed by atoms with Gasteiger partial charge in [0.25, 0.3) is 5.91 Å². The normalized spacial score (nSPS) is 12.8. The van der Waals surface area contributed by atoms with Gasteiger partial charge in [-0.25, -0.2) is 9.18 Å². The molecular weight excluding hydrogens is 556 g/mol. The van der Waals surface area contributed by atoms with Crippen molar-refractivity contribution < 1.29 is 45.1 Å². The lowest BCUT2D eigenvalue weighted by atomic mass is 9.91. The summed E-state index contributed by atoms with van der Waals surface area (Å²) in [6.07, 6.45) is -13.6. The van der Waals surface area contributed by atoms with Crippen molar-refractivity contribution >= 4 is 58.2 Å². The van der Waals surface area contributed by atoms with Crippen LogP contribution in [0, 0.1) is 6.92 Å². The van der Waals surface area contributed by atoms with Gasteiger partial charge < -0.3 is 10.1 Å². The molecule has 0 aliphatic carbocycles. The van der Waals surface area contributed by atoms with E-state index in [4.69, 9.17) is 34.8 Å². The summed E-state index contributed by atoms with van der Waals surface area (Å²) in [6.45, 7) is 0.488. The van der Waals surface area contributed by atoms with Crippen molar-refractivity contribution in [2.45, 2.75) is 28.7 Å².